The van der Waals surface area contributed by atoms with Gasteiger partial charge in [-0.1, -0.05) is 0 Å². The maximum absolute atomic E-state index is 13.4. The van der Waals surface area contributed by atoms with Crippen LogP contribution in [0.2, 0.25) is 0 Å². The summed E-state index contributed by atoms with van der Waals surface area (Å²) in [7, 11) is 0. The number of fused-ring (bicyclic) bond motifs is 1. The van der Waals surface area contributed by atoms with Gasteiger partial charge in [-0.2, -0.15) is 18.4 Å². The Labute approximate surface area is 221 Å². The van der Waals surface area contributed by atoms with Gasteiger partial charge in [-0.05, 0) is 55.0 Å². The quantitative estimate of drug-likeness (QED) is 0.371. The van der Waals surface area contributed by atoms with Crippen molar-refractivity contribution in [3.8, 4) is 11.9 Å². The lowest BCUT2D eigenvalue weighted by molar-refractivity contribution is -0.137. The summed E-state index contributed by atoms with van der Waals surface area (Å²) in [5.41, 5.74) is 0.824. The number of ether oxygens (including phenoxy) is 1. The van der Waals surface area contributed by atoms with Crippen LogP contribution in [0.4, 0.5) is 30.4 Å². The van der Waals surface area contributed by atoms with E-state index in [9.17, 15) is 13.2 Å². The van der Waals surface area contributed by atoms with Crippen molar-refractivity contribution in [3.05, 3.63) is 71.6 Å². The molecule has 14 heteroatoms. The fourth-order valence-electron chi connectivity index (χ4n) is 4.18. The highest BCUT2D eigenvalue weighted by Crippen LogP contribution is 2.36. The fraction of sp³-hybridized carbons (Fsp3) is 0.320. The largest absolute Gasteiger partial charge is 0.475 e. The standard InChI is InChI=1S/C25H23F3N10O/c1-24(2,38-15-33-35-36-38)13-39-22-6-4-17(11-30-22)34-23-19-7-8-37(12-21(19)31-14-32-23)18-5-3-16(10-29)20(9-18)25(26,27)28/h3-6,9,11,14-15H,7-8,12-13H2,1-2H3,(H,31,32,34). The molecular weight excluding hydrogens is 513 g/mol. The summed E-state index contributed by atoms with van der Waals surface area (Å²) in [6, 6.07) is 8.90. The van der Waals surface area contributed by atoms with Crippen molar-refractivity contribution < 1.29 is 17.9 Å². The van der Waals surface area contributed by atoms with Crippen LogP contribution in [0.1, 0.15) is 36.2 Å². The fourth-order valence-corrected chi connectivity index (χ4v) is 4.18. The second kappa shape index (κ2) is 10.2. The first kappa shape index (κ1) is 25.8. The Balaban J connectivity index is 1.27. The maximum Gasteiger partial charge on any atom is 0.417 e. The zero-order valence-corrected chi connectivity index (χ0v) is 21.0. The number of anilines is 3. The second-order valence-corrected chi connectivity index (χ2v) is 9.52. The summed E-state index contributed by atoms with van der Waals surface area (Å²) in [6.07, 6.45) is 0.457. The minimum Gasteiger partial charge on any atom is -0.475 e. The van der Waals surface area contributed by atoms with Gasteiger partial charge in [0.05, 0.1) is 46.9 Å². The number of hydrogen-bond acceptors (Lipinski definition) is 10. The molecule has 0 spiro atoms. The minimum absolute atomic E-state index is 0.303. The van der Waals surface area contributed by atoms with Crippen LogP contribution >= 0.6 is 0 Å². The number of nitrogens with zero attached hydrogens (tertiary/aromatic N) is 9. The van der Waals surface area contributed by atoms with Crippen molar-refractivity contribution in [2.75, 3.05) is 23.4 Å². The maximum atomic E-state index is 13.4. The Hall–Kier alpha value is -4.80. The van der Waals surface area contributed by atoms with Gasteiger partial charge < -0.3 is 15.0 Å². The number of hydrogen-bond donors (Lipinski definition) is 1. The highest BCUT2D eigenvalue weighted by molar-refractivity contribution is 5.62. The SMILES string of the molecule is CC(C)(COc1ccc(Nc2ncnc3c2CCN(c2ccc(C#N)c(C(F)(F)F)c2)C3)cn1)n1cnnn1. The highest BCUT2D eigenvalue weighted by atomic mass is 19.4. The molecular formula is C25H23F3N10O. The van der Waals surface area contributed by atoms with Gasteiger partial charge in [-0.15, -0.1) is 5.10 Å². The minimum atomic E-state index is -4.62. The van der Waals surface area contributed by atoms with E-state index >= 15 is 0 Å². The average molecular weight is 537 g/mol. The Bertz CT molecular complexity index is 1500. The van der Waals surface area contributed by atoms with E-state index in [2.05, 4.69) is 35.8 Å². The molecule has 0 radical (unpaired) electrons. The van der Waals surface area contributed by atoms with E-state index in [0.29, 0.717) is 54.9 Å². The molecule has 1 aliphatic rings. The zero-order chi connectivity index (χ0) is 27.6. The Kier molecular flexibility index (Phi) is 6.73. The van der Waals surface area contributed by atoms with E-state index in [-0.39, 0.29) is 0 Å². The normalized spacial score (nSPS) is 13.5. The topological polar surface area (TPSA) is 131 Å². The number of aromatic nitrogens is 7. The predicted octanol–water partition coefficient (Wildman–Crippen LogP) is 3.87. The predicted molar refractivity (Wildman–Crippen MR) is 133 cm³/mol. The molecule has 39 heavy (non-hydrogen) atoms. The van der Waals surface area contributed by atoms with Crippen molar-refractivity contribution in [1.82, 2.24) is 35.2 Å². The van der Waals surface area contributed by atoms with Gasteiger partial charge in [0.1, 0.15) is 25.1 Å². The lowest BCUT2D eigenvalue weighted by atomic mass is 10.0. The molecule has 5 rings (SSSR count). The molecule has 11 nitrogen and oxygen atoms in total. The van der Waals surface area contributed by atoms with E-state index < -0.39 is 22.8 Å². The number of benzene rings is 1. The Morgan fingerprint density at radius 1 is 1.13 bits per heavy atom. The monoisotopic (exact) mass is 536 g/mol. The first-order valence-corrected chi connectivity index (χ1v) is 11.9. The number of nitriles is 1. The average Bonchev–Trinajstić information content (AvgIpc) is 3.48. The van der Waals surface area contributed by atoms with Crippen LogP contribution in [-0.2, 0) is 24.7 Å². The number of alkyl halides is 3. The van der Waals surface area contributed by atoms with Crippen molar-refractivity contribution in [2.24, 2.45) is 0 Å². The van der Waals surface area contributed by atoms with Gasteiger partial charge in [0.25, 0.3) is 0 Å². The van der Waals surface area contributed by atoms with Gasteiger partial charge >= 0.3 is 6.18 Å². The molecule has 4 heterocycles. The molecule has 0 fully saturated rings. The van der Waals surface area contributed by atoms with E-state index in [4.69, 9.17) is 10.00 Å². The molecule has 0 unspecified atom stereocenters. The molecule has 4 aromatic rings. The van der Waals surface area contributed by atoms with Crippen LogP contribution in [-0.4, -0.2) is 48.3 Å². The molecule has 1 aliphatic heterocycles. The molecule has 0 saturated heterocycles. The summed E-state index contributed by atoms with van der Waals surface area (Å²) >= 11 is 0. The number of nitrogens with one attached hydrogen (secondary N) is 1. The first-order chi connectivity index (χ1) is 18.6. The lowest BCUT2D eigenvalue weighted by Gasteiger charge is -2.31. The van der Waals surface area contributed by atoms with Crippen LogP contribution in [0.5, 0.6) is 5.88 Å². The number of rotatable bonds is 7. The van der Waals surface area contributed by atoms with Crippen LogP contribution < -0.4 is 15.0 Å². The van der Waals surface area contributed by atoms with E-state index in [0.717, 1.165) is 11.6 Å². The smallest absolute Gasteiger partial charge is 0.417 e. The number of pyridine rings is 1. The molecule has 3 aromatic heterocycles. The molecule has 0 saturated carbocycles. The van der Waals surface area contributed by atoms with Crippen LogP contribution in [0.15, 0.2) is 49.2 Å². The lowest BCUT2D eigenvalue weighted by Crippen LogP contribution is -2.34. The summed E-state index contributed by atoms with van der Waals surface area (Å²) in [6.45, 7) is 4.94. The third kappa shape index (κ3) is 5.57. The second-order valence-electron chi connectivity index (χ2n) is 9.52. The van der Waals surface area contributed by atoms with Crippen LogP contribution in [0.25, 0.3) is 0 Å². The molecule has 1 aromatic carbocycles. The molecule has 0 aliphatic carbocycles. The van der Waals surface area contributed by atoms with Crippen molar-refractivity contribution in [3.63, 3.8) is 0 Å². The van der Waals surface area contributed by atoms with E-state index in [1.807, 2.05) is 19.9 Å². The van der Waals surface area contributed by atoms with Crippen molar-refractivity contribution >= 4 is 17.2 Å². The van der Waals surface area contributed by atoms with E-state index in [1.165, 1.54) is 24.8 Å². The molecule has 200 valence electrons. The van der Waals surface area contributed by atoms with Gasteiger partial charge in [-0.25, -0.2) is 19.6 Å². The van der Waals surface area contributed by atoms with Gasteiger partial charge in [0, 0.05) is 23.9 Å². The summed E-state index contributed by atoms with van der Waals surface area (Å²) in [4.78, 5) is 14.9. The van der Waals surface area contributed by atoms with Gasteiger partial charge in [-0.3, -0.25) is 0 Å². The third-order valence-corrected chi connectivity index (χ3v) is 6.34. The molecule has 0 bridgehead atoms. The third-order valence-electron chi connectivity index (χ3n) is 6.34. The summed E-state index contributed by atoms with van der Waals surface area (Å²) in [5.74, 6) is 1.04. The van der Waals surface area contributed by atoms with Gasteiger partial charge in [0.15, 0.2) is 0 Å². The van der Waals surface area contributed by atoms with E-state index in [1.54, 1.807) is 27.9 Å². The van der Waals surface area contributed by atoms with Gasteiger partial charge in [0.2, 0.25) is 5.88 Å². The van der Waals surface area contributed by atoms with Crippen LogP contribution in [0.3, 0.4) is 0 Å². The van der Waals surface area contributed by atoms with Crippen molar-refractivity contribution in [2.45, 2.75) is 38.5 Å². The first-order valence-electron chi connectivity index (χ1n) is 11.9. The zero-order valence-electron chi connectivity index (χ0n) is 21.0. The van der Waals surface area contributed by atoms with Crippen LogP contribution in [0, 0.1) is 11.3 Å². The van der Waals surface area contributed by atoms with Crippen molar-refractivity contribution in [1.29, 1.82) is 5.26 Å². The Morgan fingerprint density at radius 2 is 1.97 bits per heavy atom. The number of halogens is 3. The highest BCUT2D eigenvalue weighted by Gasteiger charge is 2.34. The summed E-state index contributed by atoms with van der Waals surface area (Å²) < 4.78 is 47.7. The number of tetrazole rings is 1. The Morgan fingerprint density at radius 3 is 2.67 bits per heavy atom. The summed E-state index contributed by atoms with van der Waals surface area (Å²) in [5, 5.41) is 23.5. The molecule has 0 atom stereocenters. The molecule has 1 N–H and O–H groups in total. The molecule has 0 amide bonds.